The lowest BCUT2D eigenvalue weighted by Crippen LogP contribution is -2.20. The van der Waals surface area contributed by atoms with E-state index in [4.69, 9.17) is 0 Å². The Bertz CT molecular complexity index is 246. The Morgan fingerprint density at radius 1 is 1.42 bits per heavy atom. The van der Waals surface area contributed by atoms with Crippen LogP contribution in [0.5, 0.6) is 0 Å². The van der Waals surface area contributed by atoms with Crippen LogP contribution in [-0.2, 0) is 4.79 Å². The van der Waals surface area contributed by atoms with Gasteiger partial charge in [-0.05, 0) is 37.2 Å². The first kappa shape index (κ1) is 7.82. The van der Waals surface area contributed by atoms with Crippen LogP contribution in [0.3, 0.4) is 0 Å². The molecule has 0 heterocycles. The minimum atomic E-state index is 0.724. The highest BCUT2D eigenvalue weighted by Gasteiger charge is 2.25. The van der Waals surface area contributed by atoms with E-state index in [0.717, 1.165) is 30.1 Å². The van der Waals surface area contributed by atoms with Crippen LogP contribution in [0, 0.1) is 11.8 Å². The molecule has 64 valence electrons. The molecule has 0 N–H and O–H groups in total. The van der Waals surface area contributed by atoms with Gasteiger partial charge < -0.3 is 0 Å². The van der Waals surface area contributed by atoms with Crippen LogP contribution in [0.4, 0.5) is 0 Å². The SMILES string of the molecule is O=CC1=C=CC2CCCCC2C1. The van der Waals surface area contributed by atoms with E-state index < -0.39 is 0 Å². The number of carbonyl (C=O) groups excluding carboxylic acids is 1. The van der Waals surface area contributed by atoms with Gasteiger partial charge in [0.05, 0.1) is 0 Å². The molecule has 2 aliphatic carbocycles. The fraction of sp³-hybridized carbons (Fsp3) is 0.636. The summed E-state index contributed by atoms with van der Waals surface area (Å²) in [6, 6.07) is 0. The molecule has 0 aliphatic heterocycles. The normalized spacial score (nSPS) is 33.8. The molecule has 12 heavy (non-hydrogen) atoms. The zero-order chi connectivity index (χ0) is 8.39. The maximum Gasteiger partial charge on any atom is 0.153 e. The molecule has 1 heteroatoms. The third-order valence-electron chi connectivity index (χ3n) is 3.08. The molecular weight excluding hydrogens is 148 g/mol. The fourth-order valence-corrected chi connectivity index (χ4v) is 2.35. The maximum atomic E-state index is 10.5. The Kier molecular flexibility index (Phi) is 2.14. The first-order chi connectivity index (χ1) is 5.90. The topological polar surface area (TPSA) is 17.1 Å². The fourth-order valence-electron chi connectivity index (χ4n) is 2.35. The van der Waals surface area contributed by atoms with Crippen LogP contribution in [0.2, 0.25) is 0 Å². The second-order valence-corrected chi connectivity index (χ2v) is 3.87. The molecule has 2 rings (SSSR count). The summed E-state index contributed by atoms with van der Waals surface area (Å²) in [5, 5.41) is 0. The first-order valence-corrected chi connectivity index (χ1v) is 4.81. The second kappa shape index (κ2) is 3.28. The van der Waals surface area contributed by atoms with E-state index in [-0.39, 0.29) is 0 Å². The molecule has 0 spiro atoms. The van der Waals surface area contributed by atoms with Crippen LogP contribution in [0.25, 0.3) is 0 Å². The third kappa shape index (κ3) is 1.37. The lowest BCUT2D eigenvalue weighted by Gasteiger charge is -2.30. The second-order valence-electron chi connectivity index (χ2n) is 3.87. The molecule has 0 amide bonds. The summed E-state index contributed by atoms with van der Waals surface area (Å²) in [6.07, 6.45) is 9.38. The van der Waals surface area contributed by atoms with E-state index in [1.807, 2.05) is 0 Å². The van der Waals surface area contributed by atoms with Crippen molar-refractivity contribution in [2.75, 3.05) is 0 Å². The van der Waals surface area contributed by atoms with Gasteiger partial charge in [0, 0.05) is 5.57 Å². The Balaban J connectivity index is 2.16. The minimum absolute atomic E-state index is 0.724. The summed E-state index contributed by atoms with van der Waals surface area (Å²) < 4.78 is 0. The predicted molar refractivity (Wildman–Crippen MR) is 47.7 cm³/mol. The monoisotopic (exact) mass is 162 g/mol. The van der Waals surface area contributed by atoms with Gasteiger partial charge in [0.2, 0.25) is 0 Å². The molecule has 0 aromatic rings. The predicted octanol–water partition coefficient (Wildman–Crippen LogP) is 2.48. The van der Waals surface area contributed by atoms with Crippen molar-refractivity contribution >= 4 is 6.29 Å². The summed E-state index contributed by atoms with van der Waals surface area (Å²) in [6.45, 7) is 0. The number of fused-ring (bicyclic) bond motifs is 1. The molecule has 1 saturated carbocycles. The molecule has 1 fully saturated rings. The molecule has 0 radical (unpaired) electrons. The van der Waals surface area contributed by atoms with E-state index in [0.29, 0.717) is 0 Å². The third-order valence-corrected chi connectivity index (χ3v) is 3.08. The van der Waals surface area contributed by atoms with Crippen LogP contribution < -0.4 is 0 Å². The molecule has 1 nitrogen and oxygen atoms in total. The molecule has 0 aromatic heterocycles. The first-order valence-electron chi connectivity index (χ1n) is 4.81. The van der Waals surface area contributed by atoms with Crippen molar-refractivity contribution in [1.29, 1.82) is 0 Å². The average Bonchev–Trinajstić information content (AvgIpc) is 2.17. The van der Waals surface area contributed by atoms with Gasteiger partial charge in [0.1, 0.15) is 0 Å². The largest absolute Gasteiger partial charge is 0.298 e. The number of carbonyl (C=O) groups is 1. The molecule has 2 atom stereocenters. The van der Waals surface area contributed by atoms with E-state index in [2.05, 4.69) is 11.8 Å². The van der Waals surface area contributed by atoms with Crippen molar-refractivity contribution in [2.45, 2.75) is 32.1 Å². The van der Waals surface area contributed by atoms with E-state index >= 15 is 0 Å². The zero-order valence-electron chi connectivity index (χ0n) is 7.25. The highest BCUT2D eigenvalue weighted by atomic mass is 16.1. The Morgan fingerprint density at radius 3 is 3.08 bits per heavy atom. The van der Waals surface area contributed by atoms with Crippen LogP contribution >= 0.6 is 0 Å². The van der Waals surface area contributed by atoms with Gasteiger partial charge >= 0.3 is 0 Å². The number of hydrogen-bond acceptors (Lipinski definition) is 1. The number of aldehydes is 1. The maximum absolute atomic E-state index is 10.5. The number of hydrogen-bond donors (Lipinski definition) is 0. The highest BCUT2D eigenvalue weighted by molar-refractivity contribution is 5.73. The molecule has 2 aliphatic rings. The molecular formula is C11H14O. The summed E-state index contributed by atoms with van der Waals surface area (Å²) in [7, 11) is 0. The Morgan fingerprint density at radius 2 is 2.25 bits per heavy atom. The van der Waals surface area contributed by atoms with Crippen molar-refractivity contribution < 1.29 is 4.79 Å². The standard InChI is InChI=1S/C11H14O/c12-8-9-5-6-10-3-1-2-4-11(10)7-9/h6,8,10-11H,1-4,7H2. The van der Waals surface area contributed by atoms with Crippen molar-refractivity contribution in [3.8, 4) is 0 Å². The highest BCUT2D eigenvalue weighted by Crippen LogP contribution is 2.36. The summed E-state index contributed by atoms with van der Waals surface area (Å²) in [5.74, 6) is 1.47. The Labute approximate surface area is 73.2 Å². The smallest absolute Gasteiger partial charge is 0.153 e. The molecule has 0 saturated heterocycles. The lowest BCUT2D eigenvalue weighted by atomic mass is 9.74. The van der Waals surface area contributed by atoms with Gasteiger partial charge in [-0.15, -0.1) is 5.73 Å². The lowest BCUT2D eigenvalue weighted by molar-refractivity contribution is -0.105. The zero-order valence-corrected chi connectivity index (χ0v) is 7.25. The van der Waals surface area contributed by atoms with Gasteiger partial charge in [-0.3, -0.25) is 4.79 Å². The quantitative estimate of drug-likeness (QED) is 0.427. The molecule has 0 aromatic carbocycles. The molecule has 2 unspecified atom stereocenters. The van der Waals surface area contributed by atoms with Crippen LogP contribution in [0.1, 0.15) is 32.1 Å². The summed E-state index contributed by atoms with van der Waals surface area (Å²) in [4.78, 5) is 10.5. The van der Waals surface area contributed by atoms with Crippen LogP contribution in [0.15, 0.2) is 17.4 Å². The van der Waals surface area contributed by atoms with Crippen molar-refractivity contribution in [2.24, 2.45) is 11.8 Å². The van der Waals surface area contributed by atoms with E-state index in [1.165, 1.54) is 25.7 Å². The summed E-state index contributed by atoms with van der Waals surface area (Å²) >= 11 is 0. The van der Waals surface area contributed by atoms with E-state index in [1.54, 1.807) is 0 Å². The van der Waals surface area contributed by atoms with Gasteiger partial charge in [0.15, 0.2) is 6.29 Å². The van der Waals surface area contributed by atoms with Crippen molar-refractivity contribution in [3.05, 3.63) is 17.4 Å². The van der Waals surface area contributed by atoms with Gasteiger partial charge in [-0.1, -0.05) is 12.8 Å². The van der Waals surface area contributed by atoms with Crippen molar-refractivity contribution in [3.63, 3.8) is 0 Å². The average molecular weight is 162 g/mol. The molecule has 0 bridgehead atoms. The van der Waals surface area contributed by atoms with Crippen LogP contribution in [-0.4, -0.2) is 6.29 Å². The van der Waals surface area contributed by atoms with Gasteiger partial charge in [0.25, 0.3) is 0 Å². The number of rotatable bonds is 1. The van der Waals surface area contributed by atoms with E-state index in [9.17, 15) is 4.79 Å². The summed E-state index contributed by atoms with van der Waals surface area (Å²) in [5.41, 5.74) is 3.96. The number of allylic oxidation sites excluding steroid dienone is 1. The van der Waals surface area contributed by atoms with Gasteiger partial charge in [-0.2, -0.15) is 0 Å². The van der Waals surface area contributed by atoms with Crippen molar-refractivity contribution in [1.82, 2.24) is 0 Å². The van der Waals surface area contributed by atoms with Gasteiger partial charge in [-0.25, -0.2) is 0 Å². The Hall–Kier alpha value is -0.810. The minimum Gasteiger partial charge on any atom is -0.298 e.